The molecular weight excluding hydrogens is 360 g/mol. The number of unbranched alkanes of at least 4 members (excludes halogenated alkanes) is 2. The van der Waals surface area contributed by atoms with Gasteiger partial charge in [-0.05, 0) is 54.5 Å². The quantitative estimate of drug-likeness (QED) is 0.488. The molecule has 0 aromatic heterocycles. The van der Waals surface area contributed by atoms with Gasteiger partial charge in [0, 0.05) is 0 Å². The largest absolute Gasteiger partial charge is 0.454 e. The first-order chi connectivity index (χ1) is 14.3. The molecule has 0 radical (unpaired) electrons. The zero-order valence-electron chi connectivity index (χ0n) is 16.5. The van der Waals surface area contributed by atoms with E-state index >= 15 is 0 Å². The van der Waals surface area contributed by atoms with Crippen molar-refractivity contribution < 1.29 is 14.6 Å². The van der Waals surface area contributed by atoms with Crippen LogP contribution in [-0.4, -0.2) is 11.9 Å². The van der Waals surface area contributed by atoms with E-state index in [0.717, 1.165) is 47.5 Å². The van der Waals surface area contributed by atoms with E-state index in [1.807, 2.05) is 78.9 Å². The summed E-state index contributed by atoms with van der Waals surface area (Å²) in [5.41, 5.74) is 2.05. The zero-order valence-corrected chi connectivity index (χ0v) is 16.5. The van der Waals surface area contributed by atoms with Gasteiger partial charge in [0.1, 0.15) is 5.60 Å². The van der Waals surface area contributed by atoms with E-state index in [9.17, 15) is 5.11 Å². The highest BCUT2D eigenvalue weighted by atomic mass is 16.7. The van der Waals surface area contributed by atoms with Crippen molar-refractivity contribution in [1.82, 2.24) is 0 Å². The number of aliphatic hydroxyl groups is 1. The summed E-state index contributed by atoms with van der Waals surface area (Å²) in [5, 5.41) is 11.5. The van der Waals surface area contributed by atoms with E-state index in [2.05, 4.69) is 12.2 Å². The van der Waals surface area contributed by atoms with Crippen LogP contribution >= 0.6 is 0 Å². The van der Waals surface area contributed by atoms with E-state index in [1.165, 1.54) is 0 Å². The summed E-state index contributed by atoms with van der Waals surface area (Å²) in [6.45, 7) is 0.300. The van der Waals surface area contributed by atoms with Crippen LogP contribution in [0.3, 0.4) is 0 Å². The first-order valence-electron chi connectivity index (χ1n) is 10.2. The van der Waals surface area contributed by atoms with Crippen molar-refractivity contribution in [3.8, 4) is 11.5 Å². The van der Waals surface area contributed by atoms with Gasteiger partial charge in [-0.3, -0.25) is 0 Å². The van der Waals surface area contributed by atoms with Crippen LogP contribution in [0, 0.1) is 0 Å². The number of allylic oxidation sites excluding steroid dienone is 1. The van der Waals surface area contributed by atoms with Crippen molar-refractivity contribution in [1.29, 1.82) is 0 Å². The fraction of sp³-hybridized carbons (Fsp3) is 0.231. The Morgan fingerprint density at radius 2 is 1.45 bits per heavy atom. The van der Waals surface area contributed by atoms with Crippen LogP contribution in [0.5, 0.6) is 11.5 Å². The topological polar surface area (TPSA) is 38.7 Å². The Labute approximate surface area is 172 Å². The maximum absolute atomic E-state index is 11.5. The van der Waals surface area contributed by atoms with Gasteiger partial charge in [0.25, 0.3) is 0 Å². The van der Waals surface area contributed by atoms with Gasteiger partial charge in [0.2, 0.25) is 6.79 Å². The highest BCUT2D eigenvalue weighted by molar-refractivity contribution is 5.56. The molecule has 1 N–H and O–H groups in total. The van der Waals surface area contributed by atoms with Crippen LogP contribution in [0.25, 0.3) is 6.08 Å². The minimum Gasteiger partial charge on any atom is -0.454 e. The average molecular weight is 386 g/mol. The molecule has 1 aliphatic heterocycles. The van der Waals surface area contributed by atoms with E-state index < -0.39 is 5.60 Å². The van der Waals surface area contributed by atoms with Crippen molar-refractivity contribution in [2.24, 2.45) is 0 Å². The molecule has 0 atom stereocenters. The lowest BCUT2D eigenvalue weighted by Gasteiger charge is -2.29. The Morgan fingerprint density at radius 3 is 2.14 bits per heavy atom. The third kappa shape index (κ3) is 4.52. The van der Waals surface area contributed by atoms with Gasteiger partial charge in [0.05, 0.1) is 0 Å². The molecule has 4 rings (SSSR count). The minimum atomic E-state index is -0.955. The van der Waals surface area contributed by atoms with Gasteiger partial charge in [-0.1, -0.05) is 78.9 Å². The van der Waals surface area contributed by atoms with Crippen LogP contribution in [0.15, 0.2) is 84.9 Å². The van der Waals surface area contributed by atoms with E-state index in [1.54, 1.807) is 0 Å². The predicted molar refractivity (Wildman–Crippen MR) is 116 cm³/mol. The molecule has 29 heavy (non-hydrogen) atoms. The van der Waals surface area contributed by atoms with Gasteiger partial charge < -0.3 is 14.6 Å². The Bertz CT molecular complexity index is 909. The van der Waals surface area contributed by atoms with Crippen LogP contribution in [0.2, 0.25) is 0 Å². The highest BCUT2D eigenvalue weighted by Crippen LogP contribution is 2.35. The molecule has 0 amide bonds. The normalized spacial score (nSPS) is 13.1. The lowest BCUT2D eigenvalue weighted by atomic mass is 9.82. The Morgan fingerprint density at radius 1 is 0.793 bits per heavy atom. The summed E-state index contributed by atoms with van der Waals surface area (Å²) < 4.78 is 10.8. The summed E-state index contributed by atoms with van der Waals surface area (Å²) in [5.74, 6) is 1.62. The Kier molecular flexibility index (Phi) is 5.97. The van der Waals surface area contributed by atoms with Gasteiger partial charge in [-0.15, -0.1) is 0 Å². The lowest BCUT2D eigenvalue weighted by Crippen LogP contribution is -2.27. The smallest absolute Gasteiger partial charge is 0.231 e. The van der Waals surface area contributed by atoms with Crippen molar-refractivity contribution in [2.45, 2.75) is 31.3 Å². The molecule has 0 spiro atoms. The van der Waals surface area contributed by atoms with Gasteiger partial charge >= 0.3 is 0 Å². The molecule has 0 bridgehead atoms. The number of fused-ring (bicyclic) bond motifs is 1. The van der Waals surface area contributed by atoms with Gasteiger partial charge in [-0.25, -0.2) is 0 Å². The Balaban J connectivity index is 1.35. The first-order valence-corrected chi connectivity index (χ1v) is 10.2. The molecule has 3 aromatic carbocycles. The number of hydrogen-bond donors (Lipinski definition) is 1. The number of rotatable bonds is 8. The molecule has 0 fully saturated rings. The molecule has 0 unspecified atom stereocenters. The molecule has 1 aliphatic rings. The van der Waals surface area contributed by atoms with E-state index in [0.29, 0.717) is 13.2 Å². The zero-order chi connectivity index (χ0) is 19.9. The molecule has 3 nitrogen and oxygen atoms in total. The number of hydrogen-bond acceptors (Lipinski definition) is 3. The first kappa shape index (κ1) is 19.3. The van der Waals surface area contributed by atoms with Crippen molar-refractivity contribution in [3.63, 3.8) is 0 Å². The third-order valence-corrected chi connectivity index (χ3v) is 5.37. The second-order valence-electron chi connectivity index (χ2n) is 7.35. The highest BCUT2D eigenvalue weighted by Gasteiger charge is 2.30. The van der Waals surface area contributed by atoms with Crippen LogP contribution in [0.1, 0.15) is 42.4 Å². The Hall–Kier alpha value is -3.04. The molecular formula is C26H26O3. The summed E-state index contributed by atoms with van der Waals surface area (Å²) in [6, 6.07) is 25.9. The number of benzene rings is 3. The number of ether oxygens (including phenoxy) is 2. The summed E-state index contributed by atoms with van der Waals surface area (Å²) in [4.78, 5) is 0. The molecule has 0 saturated heterocycles. The van der Waals surface area contributed by atoms with Crippen LogP contribution in [-0.2, 0) is 5.60 Å². The molecule has 3 heteroatoms. The monoisotopic (exact) mass is 386 g/mol. The average Bonchev–Trinajstić information content (AvgIpc) is 3.25. The van der Waals surface area contributed by atoms with Gasteiger partial charge in [-0.2, -0.15) is 0 Å². The molecule has 148 valence electrons. The van der Waals surface area contributed by atoms with Gasteiger partial charge in [0.15, 0.2) is 11.5 Å². The summed E-state index contributed by atoms with van der Waals surface area (Å²) in [7, 11) is 0. The fourth-order valence-corrected chi connectivity index (χ4v) is 3.76. The molecule has 1 heterocycles. The lowest BCUT2D eigenvalue weighted by molar-refractivity contribution is 0.0682. The summed E-state index contributed by atoms with van der Waals surface area (Å²) >= 11 is 0. The SMILES string of the molecule is OC(CCCC/C=C/c1ccc2c(c1)OCO2)(c1ccccc1)c1ccccc1. The molecule has 0 saturated carbocycles. The van der Waals surface area contributed by atoms with E-state index in [4.69, 9.17) is 9.47 Å². The summed E-state index contributed by atoms with van der Waals surface area (Å²) in [6.07, 6.45) is 7.91. The van der Waals surface area contributed by atoms with Crippen molar-refractivity contribution >= 4 is 6.08 Å². The molecule has 0 aliphatic carbocycles. The fourth-order valence-electron chi connectivity index (χ4n) is 3.76. The maximum atomic E-state index is 11.5. The van der Waals surface area contributed by atoms with E-state index in [-0.39, 0.29) is 0 Å². The van der Waals surface area contributed by atoms with Crippen molar-refractivity contribution in [2.75, 3.05) is 6.79 Å². The molecule has 3 aromatic rings. The van der Waals surface area contributed by atoms with Crippen LogP contribution < -0.4 is 9.47 Å². The predicted octanol–water partition coefficient (Wildman–Crippen LogP) is 5.93. The third-order valence-electron chi connectivity index (χ3n) is 5.37. The minimum absolute atomic E-state index is 0.300. The van der Waals surface area contributed by atoms with Crippen molar-refractivity contribution in [3.05, 3.63) is 102 Å². The second kappa shape index (κ2) is 8.97. The maximum Gasteiger partial charge on any atom is 0.231 e. The second-order valence-corrected chi connectivity index (χ2v) is 7.35. The van der Waals surface area contributed by atoms with Crippen LogP contribution in [0.4, 0.5) is 0 Å². The standard InChI is InChI=1S/C26H26O3/c27-26(22-12-6-3-7-13-22,23-14-8-4-9-15-23)18-10-2-1-5-11-21-16-17-24-25(19-21)29-20-28-24/h3-9,11-17,19,27H,1-2,10,18,20H2/b11-5+.